The zero-order valence-corrected chi connectivity index (χ0v) is 19.5. The summed E-state index contributed by atoms with van der Waals surface area (Å²) in [6.07, 6.45) is -0.521. The topological polar surface area (TPSA) is 67.9 Å². The van der Waals surface area contributed by atoms with E-state index in [-0.39, 0.29) is 18.4 Å². The molecule has 0 saturated heterocycles. The SMILES string of the molecule is COC(CNC(=O)C(C)C1Sc2ccccc2N(Cc2cc(C)ccc2C)C1=O)OC. The Bertz CT molecular complexity index is 945. The number of nitrogens with one attached hydrogen (secondary N) is 1. The normalized spacial score (nSPS) is 16.9. The molecule has 0 aliphatic carbocycles. The van der Waals surface area contributed by atoms with E-state index in [4.69, 9.17) is 9.47 Å². The highest BCUT2D eigenvalue weighted by atomic mass is 32.2. The highest BCUT2D eigenvalue weighted by Crippen LogP contribution is 2.42. The number of carbonyl (C=O) groups excluding carboxylic acids is 2. The maximum Gasteiger partial charge on any atom is 0.241 e. The molecule has 166 valence electrons. The second-order valence-corrected chi connectivity index (χ2v) is 8.98. The summed E-state index contributed by atoms with van der Waals surface area (Å²) in [4.78, 5) is 29.2. The molecule has 1 aliphatic heterocycles. The highest BCUT2D eigenvalue weighted by molar-refractivity contribution is 8.01. The highest BCUT2D eigenvalue weighted by Gasteiger charge is 2.39. The third-order valence-electron chi connectivity index (χ3n) is 5.59. The Balaban J connectivity index is 1.84. The number of hydrogen-bond donors (Lipinski definition) is 1. The molecule has 1 heterocycles. The first-order valence-corrected chi connectivity index (χ1v) is 11.2. The summed E-state index contributed by atoms with van der Waals surface area (Å²) in [6.45, 7) is 6.60. The molecule has 2 atom stereocenters. The number of hydrogen-bond acceptors (Lipinski definition) is 5. The van der Waals surface area contributed by atoms with E-state index in [9.17, 15) is 9.59 Å². The van der Waals surface area contributed by atoms with Crippen molar-refractivity contribution in [2.24, 2.45) is 5.92 Å². The number of ether oxygens (including phenoxy) is 2. The second-order valence-electron chi connectivity index (χ2n) is 7.80. The van der Waals surface area contributed by atoms with Crippen LogP contribution < -0.4 is 10.2 Å². The van der Waals surface area contributed by atoms with Crippen LogP contribution in [0, 0.1) is 19.8 Å². The summed E-state index contributed by atoms with van der Waals surface area (Å²) < 4.78 is 10.3. The van der Waals surface area contributed by atoms with E-state index >= 15 is 0 Å². The summed E-state index contributed by atoms with van der Waals surface area (Å²) in [5, 5.41) is 2.32. The molecule has 1 N–H and O–H groups in total. The maximum atomic E-state index is 13.6. The number of aryl methyl sites for hydroxylation is 2. The number of nitrogens with zero attached hydrogens (tertiary/aromatic N) is 1. The van der Waals surface area contributed by atoms with Crippen molar-refractivity contribution in [3.63, 3.8) is 0 Å². The van der Waals surface area contributed by atoms with Crippen LogP contribution in [0.4, 0.5) is 5.69 Å². The minimum atomic E-state index is -0.521. The lowest BCUT2D eigenvalue weighted by Crippen LogP contribution is -2.48. The van der Waals surface area contributed by atoms with E-state index < -0.39 is 17.5 Å². The van der Waals surface area contributed by atoms with Crippen LogP contribution in [-0.4, -0.2) is 44.1 Å². The van der Waals surface area contributed by atoms with Gasteiger partial charge in [0.15, 0.2) is 6.29 Å². The number of para-hydroxylation sites is 1. The molecule has 0 bridgehead atoms. The molecule has 1 aliphatic rings. The van der Waals surface area contributed by atoms with Crippen LogP contribution in [0.25, 0.3) is 0 Å². The van der Waals surface area contributed by atoms with Crippen molar-refractivity contribution in [2.45, 2.75) is 43.8 Å². The number of fused-ring (bicyclic) bond motifs is 1. The zero-order chi connectivity index (χ0) is 22.5. The summed E-state index contributed by atoms with van der Waals surface area (Å²) in [5.74, 6) is -0.764. The molecule has 31 heavy (non-hydrogen) atoms. The number of amides is 2. The first-order valence-electron chi connectivity index (χ1n) is 10.3. The van der Waals surface area contributed by atoms with Crippen LogP contribution >= 0.6 is 11.8 Å². The van der Waals surface area contributed by atoms with Gasteiger partial charge in [-0.2, -0.15) is 0 Å². The van der Waals surface area contributed by atoms with Gasteiger partial charge in [-0.3, -0.25) is 9.59 Å². The lowest BCUT2D eigenvalue weighted by molar-refractivity contribution is -0.132. The Labute approximate surface area is 188 Å². The fraction of sp³-hybridized carbons (Fsp3) is 0.417. The first kappa shape index (κ1) is 23.3. The largest absolute Gasteiger partial charge is 0.354 e. The Morgan fingerprint density at radius 1 is 1.16 bits per heavy atom. The van der Waals surface area contributed by atoms with Crippen LogP contribution in [-0.2, 0) is 25.6 Å². The number of thioether (sulfide) groups is 1. The fourth-order valence-corrected chi connectivity index (χ4v) is 4.89. The monoisotopic (exact) mass is 442 g/mol. The van der Waals surface area contributed by atoms with Gasteiger partial charge in [-0.25, -0.2) is 0 Å². The van der Waals surface area contributed by atoms with Gasteiger partial charge in [0.1, 0.15) is 5.25 Å². The van der Waals surface area contributed by atoms with Crippen molar-refractivity contribution in [2.75, 3.05) is 25.7 Å². The average molecular weight is 443 g/mol. The van der Waals surface area contributed by atoms with Gasteiger partial charge in [-0.15, -0.1) is 11.8 Å². The van der Waals surface area contributed by atoms with Gasteiger partial charge in [0.25, 0.3) is 0 Å². The van der Waals surface area contributed by atoms with Crippen LogP contribution in [0.5, 0.6) is 0 Å². The molecule has 0 spiro atoms. The van der Waals surface area contributed by atoms with Gasteiger partial charge in [-0.1, -0.05) is 42.8 Å². The van der Waals surface area contributed by atoms with Crippen LogP contribution in [0.15, 0.2) is 47.4 Å². The second kappa shape index (κ2) is 10.3. The third kappa shape index (κ3) is 5.29. The predicted octanol–water partition coefficient (Wildman–Crippen LogP) is 3.68. The third-order valence-corrected chi connectivity index (χ3v) is 7.05. The van der Waals surface area contributed by atoms with E-state index in [0.717, 1.165) is 27.3 Å². The Hall–Kier alpha value is -2.35. The van der Waals surface area contributed by atoms with Gasteiger partial charge in [0, 0.05) is 19.1 Å². The molecule has 0 aromatic heterocycles. The average Bonchev–Trinajstić information content (AvgIpc) is 2.77. The number of benzene rings is 2. The summed E-state index contributed by atoms with van der Waals surface area (Å²) in [6, 6.07) is 14.1. The van der Waals surface area contributed by atoms with Crippen molar-refractivity contribution in [3.8, 4) is 0 Å². The van der Waals surface area contributed by atoms with E-state index in [1.807, 2.05) is 36.1 Å². The van der Waals surface area contributed by atoms with E-state index in [1.165, 1.54) is 26.0 Å². The zero-order valence-electron chi connectivity index (χ0n) is 18.7. The molecule has 0 radical (unpaired) electrons. The quantitative estimate of drug-likeness (QED) is 0.632. The molecule has 7 heteroatoms. The van der Waals surface area contributed by atoms with Gasteiger partial charge in [-0.05, 0) is 37.1 Å². The molecule has 2 amide bonds. The Morgan fingerprint density at radius 3 is 2.58 bits per heavy atom. The van der Waals surface area contributed by atoms with Gasteiger partial charge in [0.2, 0.25) is 11.8 Å². The molecule has 3 rings (SSSR count). The number of methoxy groups -OCH3 is 2. The molecular formula is C24H30N2O4S. The van der Waals surface area contributed by atoms with E-state index in [1.54, 1.807) is 6.92 Å². The standard InChI is InChI=1S/C24H30N2O4S/c1-15-10-11-16(2)18(12-15)14-26-19-8-6-7-9-20(19)31-22(24(26)28)17(3)23(27)25-13-21(29-4)30-5/h6-12,17,21-22H,13-14H2,1-5H3,(H,25,27). The smallest absolute Gasteiger partial charge is 0.241 e. The molecular weight excluding hydrogens is 412 g/mol. The number of carbonyl (C=O) groups is 2. The Morgan fingerprint density at radius 2 is 1.87 bits per heavy atom. The number of rotatable bonds is 8. The number of anilines is 1. The maximum absolute atomic E-state index is 13.6. The molecule has 2 aromatic rings. The molecule has 6 nitrogen and oxygen atoms in total. The van der Waals surface area contributed by atoms with Gasteiger partial charge in [0.05, 0.1) is 24.7 Å². The summed E-state index contributed by atoms with van der Waals surface area (Å²) >= 11 is 1.45. The lowest BCUT2D eigenvalue weighted by atomic mass is 10.0. The van der Waals surface area contributed by atoms with Crippen molar-refractivity contribution in [1.29, 1.82) is 0 Å². The van der Waals surface area contributed by atoms with Crippen molar-refractivity contribution in [3.05, 3.63) is 59.2 Å². The minimum absolute atomic E-state index is 0.0534. The molecule has 0 saturated carbocycles. The summed E-state index contributed by atoms with van der Waals surface area (Å²) in [5.41, 5.74) is 4.29. The van der Waals surface area contributed by atoms with Crippen LogP contribution in [0.1, 0.15) is 23.6 Å². The van der Waals surface area contributed by atoms with Crippen LogP contribution in [0.2, 0.25) is 0 Å². The van der Waals surface area contributed by atoms with E-state index in [2.05, 4.69) is 30.4 Å². The minimum Gasteiger partial charge on any atom is -0.354 e. The Kier molecular flexibility index (Phi) is 7.75. The lowest BCUT2D eigenvalue weighted by Gasteiger charge is -2.36. The molecule has 0 fully saturated rings. The molecule has 2 unspecified atom stereocenters. The van der Waals surface area contributed by atoms with Crippen LogP contribution in [0.3, 0.4) is 0 Å². The van der Waals surface area contributed by atoms with Gasteiger partial charge < -0.3 is 19.7 Å². The first-order chi connectivity index (χ1) is 14.8. The van der Waals surface area contributed by atoms with Gasteiger partial charge >= 0.3 is 0 Å². The predicted molar refractivity (Wildman–Crippen MR) is 123 cm³/mol. The van der Waals surface area contributed by atoms with Crippen molar-refractivity contribution >= 4 is 29.3 Å². The van der Waals surface area contributed by atoms with Crippen molar-refractivity contribution < 1.29 is 19.1 Å². The fourth-order valence-electron chi connectivity index (χ4n) is 3.60. The van der Waals surface area contributed by atoms with Crippen molar-refractivity contribution in [1.82, 2.24) is 5.32 Å². The summed E-state index contributed by atoms with van der Waals surface area (Å²) in [7, 11) is 3.04. The van der Waals surface area contributed by atoms with E-state index in [0.29, 0.717) is 6.54 Å². The molecule has 2 aromatic carbocycles.